The maximum Gasteiger partial charge on any atom is 0.289 e. The van der Waals surface area contributed by atoms with Crippen molar-refractivity contribution in [3.63, 3.8) is 0 Å². The van der Waals surface area contributed by atoms with E-state index in [1.165, 1.54) is 5.56 Å². The molecule has 1 aliphatic rings. The van der Waals surface area contributed by atoms with Gasteiger partial charge in [0.05, 0.1) is 13.7 Å². The van der Waals surface area contributed by atoms with E-state index in [0.717, 1.165) is 47.7 Å². The Labute approximate surface area is 177 Å². The minimum atomic E-state index is -0.0363. The lowest BCUT2D eigenvalue weighted by molar-refractivity contribution is 0.0599. The quantitative estimate of drug-likeness (QED) is 0.615. The van der Waals surface area contributed by atoms with E-state index in [4.69, 9.17) is 13.9 Å². The van der Waals surface area contributed by atoms with E-state index in [1.807, 2.05) is 49.1 Å². The van der Waals surface area contributed by atoms with Gasteiger partial charge in [-0.1, -0.05) is 12.1 Å². The molecule has 1 fully saturated rings. The summed E-state index contributed by atoms with van der Waals surface area (Å²) in [5.74, 6) is 2.05. The highest BCUT2D eigenvalue weighted by atomic mass is 16.5. The molecular weight excluding hydrogens is 380 g/mol. The van der Waals surface area contributed by atoms with E-state index in [9.17, 15) is 4.79 Å². The van der Waals surface area contributed by atoms with Crippen molar-refractivity contribution in [1.82, 2.24) is 9.80 Å². The van der Waals surface area contributed by atoms with Gasteiger partial charge in [0.1, 0.15) is 17.1 Å². The third kappa shape index (κ3) is 4.14. The van der Waals surface area contributed by atoms with Crippen molar-refractivity contribution >= 4 is 16.9 Å². The standard InChI is InChI=1S/C24H28N2O4/c1-4-29-20-9-10-22-21(15-20)17(2)23(30-22)24(27)26-13-11-25(12-14-26)16-18-5-7-19(28-3)8-6-18/h5-10,15H,4,11-14,16H2,1-3H3. The van der Waals surface area contributed by atoms with Gasteiger partial charge in [-0.05, 0) is 49.7 Å². The molecule has 30 heavy (non-hydrogen) atoms. The Hall–Kier alpha value is -2.99. The number of carbonyl (C=O) groups is 1. The zero-order valence-electron chi connectivity index (χ0n) is 17.8. The van der Waals surface area contributed by atoms with Gasteiger partial charge in [-0.2, -0.15) is 0 Å². The van der Waals surface area contributed by atoms with Gasteiger partial charge in [0, 0.05) is 43.7 Å². The predicted molar refractivity (Wildman–Crippen MR) is 116 cm³/mol. The van der Waals surface area contributed by atoms with Crippen LogP contribution < -0.4 is 9.47 Å². The summed E-state index contributed by atoms with van der Waals surface area (Å²) >= 11 is 0. The van der Waals surface area contributed by atoms with Gasteiger partial charge in [0.2, 0.25) is 0 Å². The van der Waals surface area contributed by atoms with Crippen LogP contribution in [0.5, 0.6) is 11.5 Å². The molecule has 2 aromatic carbocycles. The number of benzene rings is 2. The maximum atomic E-state index is 13.1. The van der Waals surface area contributed by atoms with Crippen molar-refractivity contribution in [3.05, 3.63) is 59.4 Å². The summed E-state index contributed by atoms with van der Waals surface area (Å²) in [6.07, 6.45) is 0. The zero-order chi connectivity index (χ0) is 21.1. The highest BCUT2D eigenvalue weighted by Gasteiger charge is 2.26. The van der Waals surface area contributed by atoms with Gasteiger partial charge in [-0.25, -0.2) is 0 Å². The first-order valence-electron chi connectivity index (χ1n) is 10.4. The summed E-state index contributed by atoms with van der Waals surface area (Å²) in [4.78, 5) is 17.4. The van der Waals surface area contributed by atoms with Gasteiger partial charge in [-0.15, -0.1) is 0 Å². The number of methoxy groups -OCH3 is 1. The molecule has 0 radical (unpaired) electrons. The molecule has 4 rings (SSSR count). The summed E-state index contributed by atoms with van der Waals surface area (Å²) in [6.45, 7) is 8.43. The number of hydrogen-bond acceptors (Lipinski definition) is 5. The van der Waals surface area contributed by atoms with Crippen molar-refractivity contribution < 1.29 is 18.7 Å². The SMILES string of the molecule is CCOc1ccc2oc(C(=O)N3CCN(Cc4ccc(OC)cc4)CC3)c(C)c2c1. The third-order valence-electron chi connectivity index (χ3n) is 5.64. The number of piperazine rings is 1. The molecule has 0 unspecified atom stereocenters. The Kier molecular flexibility index (Phi) is 5.95. The number of nitrogens with zero attached hydrogens (tertiary/aromatic N) is 2. The van der Waals surface area contributed by atoms with E-state index in [0.29, 0.717) is 25.5 Å². The molecule has 1 aromatic heterocycles. The van der Waals surface area contributed by atoms with E-state index < -0.39 is 0 Å². The second kappa shape index (κ2) is 8.79. The number of furan rings is 1. The van der Waals surface area contributed by atoms with Gasteiger partial charge < -0.3 is 18.8 Å². The van der Waals surface area contributed by atoms with Crippen molar-refractivity contribution in [3.8, 4) is 11.5 Å². The maximum absolute atomic E-state index is 13.1. The lowest BCUT2D eigenvalue weighted by Crippen LogP contribution is -2.48. The van der Waals surface area contributed by atoms with Gasteiger partial charge in [0.25, 0.3) is 5.91 Å². The summed E-state index contributed by atoms with van der Waals surface area (Å²) in [5, 5.41) is 0.933. The zero-order valence-corrected chi connectivity index (χ0v) is 17.8. The molecular formula is C24H28N2O4. The Morgan fingerprint density at radius 2 is 1.73 bits per heavy atom. The fraction of sp³-hybridized carbons (Fsp3) is 0.375. The second-order valence-corrected chi connectivity index (χ2v) is 7.56. The van der Waals surface area contributed by atoms with Crippen LogP contribution in [0.25, 0.3) is 11.0 Å². The molecule has 0 N–H and O–H groups in total. The van der Waals surface area contributed by atoms with E-state index in [-0.39, 0.29) is 5.91 Å². The minimum Gasteiger partial charge on any atom is -0.497 e. The van der Waals surface area contributed by atoms with Crippen LogP contribution in [0.1, 0.15) is 28.6 Å². The summed E-state index contributed by atoms with van der Waals surface area (Å²) < 4.78 is 16.7. The molecule has 0 saturated carbocycles. The molecule has 1 aliphatic heterocycles. The molecule has 2 heterocycles. The van der Waals surface area contributed by atoms with E-state index in [2.05, 4.69) is 17.0 Å². The van der Waals surface area contributed by atoms with E-state index in [1.54, 1.807) is 7.11 Å². The second-order valence-electron chi connectivity index (χ2n) is 7.56. The van der Waals surface area contributed by atoms with Crippen LogP contribution in [0.2, 0.25) is 0 Å². The Balaban J connectivity index is 1.40. The fourth-order valence-corrected chi connectivity index (χ4v) is 3.90. The van der Waals surface area contributed by atoms with Crippen LogP contribution in [0.15, 0.2) is 46.9 Å². The van der Waals surface area contributed by atoms with E-state index >= 15 is 0 Å². The van der Waals surface area contributed by atoms with Gasteiger partial charge >= 0.3 is 0 Å². The number of ether oxygens (including phenoxy) is 2. The van der Waals surface area contributed by atoms with Crippen molar-refractivity contribution in [2.45, 2.75) is 20.4 Å². The summed E-state index contributed by atoms with van der Waals surface area (Å²) in [7, 11) is 1.67. The molecule has 1 saturated heterocycles. The Bertz CT molecular complexity index is 1020. The molecule has 0 atom stereocenters. The molecule has 0 spiro atoms. The van der Waals surface area contributed by atoms with Crippen LogP contribution in [0, 0.1) is 6.92 Å². The number of amides is 1. The van der Waals surface area contributed by atoms with Crippen molar-refractivity contribution in [2.75, 3.05) is 39.9 Å². The lowest BCUT2D eigenvalue weighted by atomic mass is 10.1. The molecule has 158 valence electrons. The third-order valence-corrected chi connectivity index (χ3v) is 5.64. The Morgan fingerprint density at radius 1 is 1.03 bits per heavy atom. The minimum absolute atomic E-state index is 0.0363. The van der Waals surface area contributed by atoms with Crippen molar-refractivity contribution in [1.29, 1.82) is 0 Å². The number of rotatable bonds is 6. The van der Waals surface area contributed by atoms with Gasteiger partial charge in [0.15, 0.2) is 5.76 Å². The summed E-state index contributed by atoms with van der Waals surface area (Å²) in [6, 6.07) is 13.8. The average molecular weight is 408 g/mol. The number of fused-ring (bicyclic) bond motifs is 1. The van der Waals surface area contributed by atoms with Crippen LogP contribution in [0.3, 0.4) is 0 Å². The average Bonchev–Trinajstić information content (AvgIpc) is 3.10. The largest absolute Gasteiger partial charge is 0.497 e. The van der Waals surface area contributed by atoms with Crippen LogP contribution in [-0.4, -0.2) is 55.6 Å². The first-order valence-corrected chi connectivity index (χ1v) is 10.4. The number of aryl methyl sites for hydroxylation is 1. The first kappa shape index (κ1) is 20.3. The first-order chi connectivity index (χ1) is 14.6. The molecule has 6 heteroatoms. The monoisotopic (exact) mass is 408 g/mol. The predicted octanol–water partition coefficient (Wildman–Crippen LogP) is 4.11. The normalized spacial score (nSPS) is 14.8. The lowest BCUT2D eigenvalue weighted by Gasteiger charge is -2.34. The van der Waals surface area contributed by atoms with Crippen LogP contribution in [-0.2, 0) is 6.54 Å². The van der Waals surface area contributed by atoms with Crippen LogP contribution >= 0.6 is 0 Å². The fourth-order valence-electron chi connectivity index (χ4n) is 3.90. The van der Waals surface area contributed by atoms with Crippen LogP contribution in [0.4, 0.5) is 0 Å². The molecule has 3 aromatic rings. The smallest absolute Gasteiger partial charge is 0.289 e. The van der Waals surface area contributed by atoms with Crippen molar-refractivity contribution in [2.24, 2.45) is 0 Å². The Morgan fingerprint density at radius 3 is 2.40 bits per heavy atom. The number of hydrogen-bond donors (Lipinski definition) is 0. The number of carbonyl (C=O) groups excluding carboxylic acids is 1. The topological polar surface area (TPSA) is 55.2 Å². The molecule has 1 amide bonds. The molecule has 6 nitrogen and oxygen atoms in total. The summed E-state index contributed by atoms with van der Waals surface area (Å²) in [5.41, 5.74) is 2.84. The highest BCUT2D eigenvalue weighted by molar-refractivity contribution is 5.99. The molecule has 0 bridgehead atoms. The van der Waals surface area contributed by atoms with Gasteiger partial charge in [-0.3, -0.25) is 9.69 Å². The molecule has 0 aliphatic carbocycles. The highest BCUT2D eigenvalue weighted by Crippen LogP contribution is 2.30.